The molecule has 1 heterocycles. The van der Waals surface area contributed by atoms with Crippen LogP contribution in [0.1, 0.15) is 11.1 Å². The topological polar surface area (TPSA) is 68.3 Å². The van der Waals surface area contributed by atoms with Crippen LogP contribution in [0.2, 0.25) is 0 Å². The molecule has 1 N–H and O–H groups in total. The highest BCUT2D eigenvalue weighted by Crippen LogP contribution is 2.28. The van der Waals surface area contributed by atoms with E-state index in [1.807, 2.05) is 13.8 Å². The summed E-state index contributed by atoms with van der Waals surface area (Å²) >= 11 is 0. The summed E-state index contributed by atoms with van der Waals surface area (Å²) in [4.78, 5) is 3.97. The van der Waals surface area contributed by atoms with Crippen molar-refractivity contribution in [1.29, 1.82) is 0 Å². The summed E-state index contributed by atoms with van der Waals surface area (Å²) in [7, 11) is -2.24. The second kappa shape index (κ2) is 5.50. The van der Waals surface area contributed by atoms with Gasteiger partial charge in [-0.3, -0.25) is 9.71 Å². The van der Waals surface area contributed by atoms with Gasteiger partial charge in [0.15, 0.2) is 0 Å². The summed E-state index contributed by atoms with van der Waals surface area (Å²) < 4.78 is 32.5. The number of ether oxygens (including phenoxy) is 1. The number of nitrogens with one attached hydrogen (secondary N) is 1. The molecule has 0 saturated heterocycles. The molecule has 0 fully saturated rings. The number of aromatic nitrogens is 1. The van der Waals surface area contributed by atoms with Gasteiger partial charge in [-0.25, -0.2) is 8.42 Å². The zero-order chi connectivity index (χ0) is 14.8. The summed E-state index contributed by atoms with van der Waals surface area (Å²) in [6, 6.07) is 6.50. The van der Waals surface area contributed by atoms with Gasteiger partial charge < -0.3 is 4.74 Å². The third-order valence-corrected chi connectivity index (χ3v) is 4.40. The molecule has 0 aliphatic carbocycles. The Morgan fingerprint density at radius 2 is 1.70 bits per heavy atom. The van der Waals surface area contributed by atoms with E-state index in [9.17, 15) is 8.42 Å². The van der Waals surface area contributed by atoms with Crippen LogP contribution in [0.5, 0.6) is 5.75 Å². The Labute approximate surface area is 118 Å². The lowest BCUT2D eigenvalue weighted by Crippen LogP contribution is -2.14. The van der Waals surface area contributed by atoms with Gasteiger partial charge in [0.1, 0.15) is 10.6 Å². The maximum absolute atomic E-state index is 12.4. The van der Waals surface area contributed by atoms with Crippen LogP contribution in [0.3, 0.4) is 0 Å². The van der Waals surface area contributed by atoms with E-state index in [2.05, 4.69) is 9.71 Å². The molecule has 0 spiro atoms. The van der Waals surface area contributed by atoms with Gasteiger partial charge in [0, 0.05) is 12.4 Å². The Hall–Kier alpha value is -2.08. The normalized spacial score (nSPS) is 11.2. The van der Waals surface area contributed by atoms with Crippen LogP contribution in [0.15, 0.2) is 41.6 Å². The third kappa shape index (κ3) is 2.91. The maximum atomic E-state index is 12.4. The molecule has 0 unspecified atom stereocenters. The van der Waals surface area contributed by atoms with E-state index in [0.717, 1.165) is 11.1 Å². The molecule has 0 saturated carbocycles. The fourth-order valence-electron chi connectivity index (χ4n) is 1.76. The Morgan fingerprint density at radius 1 is 1.10 bits per heavy atom. The number of aryl methyl sites for hydroxylation is 2. The van der Waals surface area contributed by atoms with Gasteiger partial charge in [0.2, 0.25) is 0 Å². The minimum Gasteiger partial charge on any atom is -0.495 e. The van der Waals surface area contributed by atoms with Gasteiger partial charge in [-0.2, -0.15) is 0 Å². The van der Waals surface area contributed by atoms with Crippen molar-refractivity contribution in [3.05, 3.63) is 47.8 Å². The van der Waals surface area contributed by atoms with E-state index in [0.29, 0.717) is 11.4 Å². The first-order valence-corrected chi connectivity index (χ1v) is 7.50. The summed E-state index contributed by atoms with van der Waals surface area (Å²) in [5.74, 6) is 0.328. The number of rotatable bonds is 4. The molecule has 0 aliphatic heterocycles. The lowest BCUT2D eigenvalue weighted by Gasteiger charge is -2.13. The average Bonchev–Trinajstić information content (AvgIpc) is 2.42. The first kappa shape index (κ1) is 14.3. The maximum Gasteiger partial charge on any atom is 0.265 e. The molecule has 6 heteroatoms. The Kier molecular flexibility index (Phi) is 3.94. The molecule has 20 heavy (non-hydrogen) atoms. The molecule has 0 radical (unpaired) electrons. The van der Waals surface area contributed by atoms with E-state index in [1.54, 1.807) is 24.3 Å². The van der Waals surface area contributed by atoms with E-state index < -0.39 is 10.0 Å². The van der Waals surface area contributed by atoms with Gasteiger partial charge in [-0.15, -0.1) is 0 Å². The highest BCUT2D eigenvalue weighted by atomic mass is 32.2. The summed E-state index contributed by atoms with van der Waals surface area (Å²) in [6.45, 7) is 3.77. The molecule has 0 atom stereocenters. The largest absolute Gasteiger partial charge is 0.495 e. The number of hydrogen-bond donors (Lipinski definition) is 1. The highest BCUT2D eigenvalue weighted by Gasteiger charge is 2.20. The van der Waals surface area contributed by atoms with E-state index >= 15 is 0 Å². The highest BCUT2D eigenvalue weighted by molar-refractivity contribution is 7.92. The smallest absolute Gasteiger partial charge is 0.265 e. The van der Waals surface area contributed by atoms with E-state index in [1.165, 1.54) is 19.5 Å². The number of nitrogens with zero attached hydrogens (tertiary/aromatic N) is 1. The molecular formula is C14H16N2O3S. The molecule has 2 aromatic rings. The fourth-order valence-corrected chi connectivity index (χ4v) is 3.06. The summed E-state index contributed by atoms with van der Waals surface area (Å²) in [6.07, 6.45) is 3.05. The van der Waals surface area contributed by atoms with Crippen LogP contribution in [-0.2, 0) is 10.0 Å². The summed E-state index contributed by atoms with van der Waals surface area (Å²) in [5.41, 5.74) is 2.32. The molecule has 0 bridgehead atoms. The molecule has 0 aliphatic rings. The van der Waals surface area contributed by atoms with Crippen molar-refractivity contribution in [3.8, 4) is 5.75 Å². The Morgan fingerprint density at radius 3 is 2.30 bits per heavy atom. The van der Waals surface area contributed by atoms with Crippen LogP contribution in [0, 0.1) is 13.8 Å². The van der Waals surface area contributed by atoms with Gasteiger partial charge in [-0.05, 0) is 49.2 Å². The number of hydrogen-bond acceptors (Lipinski definition) is 4. The second-order valence-electron chi connectivity index (χ2n) is 4.43. The van der Waals surface area contributed by atoms with Crippen molar-refractivity contribution >= 4 is 15.7 Å². The number of sulfonamides is 1. The average molecular weight is 292 g/mol. The fraction of sp³-hybridized carbons (Fsp3) is 0.214. The molecule has 2 rings (SSSR count). The van der Waals surface area contributed by atoms with Crippen LogP contribution >= 0.6 is 0 Å². The minimum atomic E-state index is -3.70. The van der Waals surface area contributed by atoms with E-state index in [4.69, 9.17) is 4.74 Å². The SMILES string of the molecule is COc1cc(C)c(C)cc1S(=O)(=O)Nc1ccncc1. The quantitative estimate of drug-likeness (QED) is 0.940. The van der Waals surface area contributed by atoms with Gasteiger partial charge in [0.05, 0.1) is 12.8 Å². The molecule has 1 aromatic carbocycles. The van der Waals surface area contributed by atoms with Crippen molar-refractivity contribution in [2.24, 2.45) is 0 Å². The molecule has 5 nitrogen and oxygen atoms in total. The molecular weight excluding hydrogens is 276 g/mol. The zero-order valence-corrected chi connectivity index (χ0v) is 12.4. The van der Waals surface area contributed by atoms with Crippen LogP contribution in [-0.4, -0.2) is 20.5 Å². The van der Waals surface area contributed by atoms with E-state index in [-0.39, 0.29) is 4.90 Å². The number of pyridine rings is 1. The second-order valence-corrected chi connectivity index (χ2v) is 6.08. The van der Waals surface area contributed by atoms with Crippen LogP contribution in [0.4, 0.5) is 5.69 Å². The predicted octanol–water partition coefficient (Wildman–Crippen LogP) is 2.51. The first-order chi connectivity index (χ1) is 9.44. The number of methoxy groups -OCH3 is 1. The van der Waals surface area contributed by atoms with Gasteiger partial charge in [-0.1, -0.05) is 0 Å². The van der Waals surface area contributed by atoms with Crippen LogP contribution < -0.4 is 9.46 Å². The monoisotopic (exact) mass is 292 g/mol. The standard InChI is InChI=1S/C14H16N2O3S/c1-10-8-13(19-3)14(9-11(10)2)20(17,18)16-12-4-6-15-7-5-12/h4-9H,1-3H3,(H,15,16). The predicted molar refractivity (Wildman–Crippen MR) is 77.5 cm³/mol. The third-order valence-electron chi connectivity index (χ3n) is 3.00. The van der Waals surface area contributed by atoms with Crippen LogP contribution in [0.25, 0.3) is 0 Å². The molecule has 1 aromatic heterocycles. The van der Waals surface area contributed by atoms with Crippen molar-refractivity contribution in [2.45, 2.75) is 18.7 Å². The Balaban J connectivity index is 2.47. The Bertz CT molecular complexity index is 713. The van der Waals surface area contributed by atoms with Crippen molar-refractivity contribution < 1.29 is 13.2 Å². The molecule has 106 valence electrons. The number of benzene rings is 1. The molecule has 0 amide bonds. The lowest BCUT2D eigenvalue weighted by molar-refractivity contribution is 0.402. The first-order valence-electron chi connectivity index (χ1n) is 6.02. The zero-order valence-electron chi connectivity index (χ0n) is 11.5. The van der Waals surface area contributed by atoms with Crippen molar-refractivity contribution in [2.75, 3.05) is 11.8 Å². The lowest BCUT2D eigenvalue weighted by atomic mass is 10.1. The summed E-state index contributed by atoms with van der Waals surface area (Å²) in [5, 5.41) is 0. The van der Waals surface area contributed by atoms with Crippen molar-refractivity contribution in [1.82, 2.24) is 4.98 Å². The van der Waals surface area contributed by atoms with Gasteiger partial charge >= 0.3 is 0 Å². The van der Waals surface area contributed by atoms with Gasteiger partial charge in [0.25, 0.3) is 10.0 Å². The number of anilines is 1. The van der Waals surface area contributed by atoms with Crippen molar-refractivity contribution in [3.63, 3.8) is 0 Å². The minimum absolute atomic E-state index is 0.125.